The van der Waals surface area contributed by atoms with Crippen molar-refractivity contribution in [1.82, 2.24) is 5.32 Å². The Morgan fingerprint density at radius 1 is 1.00 bits per heavy atom. The van der Waals surface area contributed by atoms with Crippen LogP contribution in [0.15, 0.2) is 53.9 Å². The van der Waals surface area contributed by atoms with Crippen LogP contribution in [0.2, 0.25) is 10.0 Å². The summed E-state index contributed by atoms with van der Waals surface area (Å²) in [6, 6.07) is 15.5. The van der Waals surface area contributed by atoms with Crippen molar-refractivity contribution in [3.05, 3.63) is 80.0 Å². The zero-order chi connectivity index (χ0) is 18.4. The lowest BCUT2D eigenvalue weighted by Gasteiger charge is -2.13. The molecule has 0 unspecified atom stereocenters. The molecule has 26 heavy (non-hydrogen) atoms. The van der Waals surface area contributed by atoms with E-state index >= 15 is 0 Å². The van der Waals surface area contributed by atoms with Gasteiger partial charge in [-0.3, -0.25) is 0 Å². The third-order valence-electron chi connectivity index (χ3n) is 3.83. The van der Waals surface area contributed by atoms with Gasteiger partial charge in [-0.05, 0) is 41.3 Å². The summed E-state index contributed by atoms with van der Waals surface area (Å²) in [5, 5.41) is 6.71. The minimum atomic E-state index is 0.350. The summed E-state index contributed by atoms with van der Waals surface area (Å²) in [5.41, 5.74) is 2.01. The first-order valence-corrected chi connectivity index (χ1v) is 9.76. The normalized spacial score (nSPS) is 10.7. The third kappa shape index (κ3) is 5.15. The fourth-order valence-electron chi connectivity index (χ4n) is 2.48. The van der Waals surface area contributed by atoms with E-state index in [-0.39, 0.29) is 0 Å². The van der Waals surface area contributed by atoms with Crippen LogP contribution < -0.4 is 14.8 Å². The number of hydrogen-bond donors (Lipinski definition) is 1. The Balaban J connectivity index is 1.60. The Hall–Kier alpha value is -1.72. The number of hydrogen-bond acceptors (Lipinski definition) is 4. The van der Waals surface area contributed by atoms with Gasteiger partial charge in [-0.1, -0.05) is 41.4 Å². The van der Waals surface area contributed by atoms with Crippen molar-refractivity contribution in [2.75, 3.05) is 7.11 Å². The van der Waals surface area contributed by atoms with Crippen LogP contribution in [0.3, 0.4) is 0 Å². The molecule has 0 saturated heterocycles. The SMILES string of the molecule is COc1cc(CNCc2cccs2)ccc1OCc1ccc(Cl)cc1Cl. The number of halogens is 2. The molecule has 3 rings (SSSR count). The summed E-state index contributed by atoms with van der Waals surface area (Å²) in [6.07, 6.45) is 0. The van der Waals surface area contributed by atoms with Gasteiger partial charge in [-0.25, -0.2) is 0 Å². The number of nitrogens with one attached hydrogen (secondary N) is 1. The van der Waals surface area contributed by atoms with Crippen molar-refractivity contribution >= 4 is 34.5 Å². The lowest BCUT2D eigenvalue weighted by Crippen LogP contribution is -2.11. The number of rotatable bonds is 8. The molecule has 1 N–H and O–H groups in total. The summed E-state index contributed by atoms with van der Waals surface area (Å²) in [4.78, 5) is 1.32. The first-order chi connectivity index (χ1) is 12.7. The molecule has 0 saturated carbocycles. The summed E-state index contributed by atoms with van der Waals surface area (Å²) in [6.45, 7) is 1.97. The van der Waals surface area contributed by atoms with Crippen molar-refractivity contribution < 1.29 is 9.47 Å². The molecule has 0 amide bonds. The molecule has 136 valence electrons. The molecule has 0 atom stereocenters. The minimum absolute atomic E-state index is 0.350. The van der Waals surface area contributed by atoms with Crippen LogP contribution >= 0.6 is 34.5 Å². The van der Waals surface area contributed by atoms with Crippen molar-refractivity contribution in [3.63, 3.8) is 0 Å². The van der Waals surface area contributed by atoms with Gasteiger partial charge in [0.25, 0.3) is 0 Å². The first-order valence-electron chi connectivity index (χ1n) is 8.12. The van der Waals surface area contributed by atoms with E-state index in [0.29, 0.717) is 28.2 Å². The monoisotopic (exact) mass is 407 g/mol. The van der Waals surface area contributed by atoms with Crippen LogP contribution in [-0.2, 0) is 19.7 Å². The molecule has 3 aromatic rings. The molecular weight excluding hydrogens is 389 g/mol. The zero-order valence-corrected chi connectivity index (χ0v) is 16.6. The van der Waals surface area contributed by atoms with Crippen molar-refractivity contribution in [2.45, 2.75) is 19.7 Å². The molecule has 0 aliphatic carbocycles. The largest absolute Gasteiger partial charge is 0.493 e. The quantitative estimate of drug-likeness (QED) is 0.501. The second kappa shape index (κ2) is 9.28. The Morgan fingerprint density at radius 2 is 1.88 bits per heavy atom. The second-order valence-electron chi connectivity index (χ2n) is 5.69. The highest BCUT2D eigenvalue weighted by atomic mass is 35.5. The predicted octanol–water partition coefficient (Wildman–Crippen LogP) is 5.93. The topological polar surface area (TPSA) is 30.5 Å². The number of methoxy groups -OCH3 is 1. The van der Waals surface area contributed by atoms with E-state index in [1.165, 1.54) is 4.88 Å². The van der Waals surface area contributed by atoms with Gasteiger partial charge < -0.3 is 14.8 Å². The van der Waals surface area contributed by atoms with Crippen molar-refractivity contribution in [3.8, 4) is 11.5 Å². The Kier molecular flexibility index (Phi) is 6.80. The summed E-state index contributed by atoms with van der Waals surface area (Å²) in [7, 11) is 1.64. The molecule has 3 nitrogen and oxygen atoms in total. The molecule has 0 fully saturated rings. The molecule has 6 heteroatoms. The maximum atomic E-state index is 6.19. The van der Waals surface area contributed by atoms with Gasteiger partial charge in [0.15, 0.2) is 11.5 Å². The Labute approximate surface area is 167 Å². The molecular formula is C20H19Cl2NO2S. The van der Waals surface area contributed by atoms with Gasteiger partial charge in [0.2, 0.25) is 0 Å². The van der Waals surface area contributed by atoms with Gasteiger partial charge in [0.05, 0.1) is 7.11 Å². The molecule has 0 bridgehead atoms. The van der Waals surface area contributed by atoms with E-state index in [1.807, 2.05) is 24.3 Å². The maximum Gasteiger partial charge on any atom is 0.161 e. The van der Waals surface area contributed by atoms with E-state index in [4.69, 9.17) is 32.7 Å². The fourth-order valence-corrected chi connectivity index (χ4v) is 3.62. The Bertz CT molecular complexity index is 853. The molecule has 0 radical (unpaired) electrons. The summed E-state index contributed by atoms with van der Waals surface area (Å²) < 4.78 is 11.4. The predicted molar refractivity (Wildman–Crippen MR) is 109 cm³/mol. The average molecular weight is 408 g/mol. The minimum Gasteiger partial charge on any atom is -0.493 e. The molecule has 0 aliphatic rings. The van der Waals surface area contributed by atoms with E-state index in [0.717, 1.165) is 24.2 Å². The molecule has 0 aliphatic heterocycles. The Morgan fingerprint density at radius 3 is 2.62 bits per heavy atom. The highest BCUT2D eigenvalue weighted by Crippen LogP contribution is 2.30. The molecule has 1 aromatic heterocycles. The third-order valence-corrected chi connectivity index (χ3v) is 5.30. The highest BCUT2D eigenvalue weighted by molar-refractivity contribution is 7.09. The number of benzene rings is 2. The van der Waals surface area contributed by atoms with Gasteiger partial charge in [0, 0.05) is 33.6 Å². The van der Waals surface area contributed by atoms with Gasteiger partial charge in [0.1, 0.15) is 6.61 Å². The van der Waals surface area contributed by atoms with Crippen LogP contribution in [0, 0.1) is 0 Å². The van der Waals surface area contributed by atoms with Crippen LogP contribution in [0.25, 0.3) is 0 Å². The van der Waals surface area contributed by atoms with Crippen LogP contribution in [0.1, 0.15) is 16.0 Å². The van der Waals surface area contributed by atoms with E-state index in [2.05, 4.69) is 22.8 Å². The highest BCUT2D eigenvalue weighted by Gasteiger charge is 2.08. The second-order valence-corrected chi connectivity index (χ2v) is 7.57. The van der Waals surface area contributed by atoms with Gasteiger partial charge in [-0.2, -0.15) is 0 Å². The molecule has 0 spiro atoms. The van der Waals surface area contributed by atoms with E-state index in [9.17, 15) is 0 Å². The smallest absolute Gasteiger partial charge is 0.161 e. The van der Waals surface area contributed by atoms with Crippen LogP contribution in [0.4, 0.5) is 0 Å². The van der Waals surface area contributed by atoms with Crippen LogP contribution in [0.5, 0.6) is 11.5 Å². The van der Waals surface area contributed by atoms with Gasteiger partial charge >= 0.3 is 0 Å². The van der Waals surface area contributed by atoms with E-state index in [1.54, 1.807) is 30.6 Å². The standard InChI is InChI=1S/C20H19Cl2NO2S/c1-24-20-9-14(11-23-12-17-3-2-8-26-17)4-7-19(20)25-13-15-5-6-16(21)10-18(15)22/h2-10,23H,11-13H2,1H3. The lowest BCUT2D eigenvalue weighted by molar-refractivity contribution is 0.284. The van der Waals surface area contributed by atoms with Crippen molar-refractivity contribution in [2.24, 2.45) is 0 Å². The first kappa shape index (κ1) is 19.1. The van der Waals surface area contributed by atoms with E-state index < -0.39 is 0 Å². The maximum absolute atomic E-state index is 6.19. The fraction of sp³-hybridized carbons (Fsp3) is 0.200. The summed E-state index contributed by atoms with van der Waals surface area (Å²) >= 11 is 13.9. The molecule has 1 heterocycles. The number of thiophene rings is 1. The summed E-state index contributed by atoms with van der Waals surface area (Å²) in [5.74, 6) is 1.38. The molecule has 2 aromatic carbocycles. The van der Waals surface area contributed by atoms with Gasteiger partial charge in [-0.15, -0.1) is 11.3 Å². The lowest BCUT2D eigenvalue weighted by atomic mass is 10.2. The average Bonchev–Trinajstić information content (AvgIpc) is 3.15. The van der Waals surface area contributed by atoms with Crippen molar-refractivity contribution in [1.29, 1.82) is 0 Å². The van der Waals surface area contributed by atoms with Crippen LogP contribution in [-0.4, -0.2) is 7.11 Å². The zero-order valence-electron chi connectivity index (χ0n) is 14.3. The number of ether oxygens (including phenoxy) is 2.